The lowest BCUT2D eigenvalue weighted by atomic mass is 10.1. The van der Waals surface area contributed by atoms with Crippen molar-refractivity contribution in [3.05, 3.63) is 23.9 Å². The van der Waals surface area contributed by atoms with Crippen molar-refractivity contribution in [3.63, 3.8) is 0 Å². The van der Waals surface area contributed by atoms with Crippen LogP contribution in [0, 0.1) is 6.92 Å². The van der Waals surface area contributed by atoms with Crippen LogP contribution in [0.25, 0.3) is 10.9 Å². The number of hydrogen-bond donors (Lipinski definition) is 1. The zero-order chi connectivity index (χ0) is 13.2. The van der Waals surface area contributed by atoms with Gasteiger partial charge in [0.15, 0.2) is 0 Å². The molecule has 1 aliphatic rings. The molecule has 0 aliphatic carbocycles. The number of benzene rings is 1. The lowest BCUT2D eigenvalue weighted by Gasteiger charge is -2.23. The van der Waals surface area contributed by atoms with E-state index in [1.165, 1.54) is 11.1 Å². The second-order valence-electron chi connectivity index (χ2n) is 5.15. The van der Waals surface area contributed by atoms with Gasteiger partial charge < -0.3 is 10.1 Å². The number of halogens is 1. The molecule has 0 unspecified atom stereocenters. The first-order chi connectivity index (χ1) is 9.31. The van der Waals surface area contributed by atoms with E-state index in [0.29, 0.717) is 12.6 Å². The predicted molar refractivity (Wildman–Crippen MR) is 84.0 cm³/mol. The first kappa shape index (κ1) is 15.1. The normalized spacial score (nSPS) is 16.1. The van der Waals surface area contributed by atoms with Crippen molar-refractivity contribution < 1.29 is 4.74 Å². The predicted octanol–water partition coefficient (Wildman–Crippen LogP) is 3.09. The van der Waals surface area contributed by atoms with Crippen molar-refractivity contribution in [2.24, 2.45) is 0 Å². The number of nitrogens with one attached hydrogen (secondary N) is 1. The smallest absolute Gasteiger partial charge is 0.133 e. The van der Waals surface area contributed by atoms with Gasteiger partial charge in [-0.1, -0.05) is 6.07 Å². The van der Waals surface area contributed by atoms with Crippen LogP contribution in [0.15, 0.2) is 18.3 Å². The average Bonchev–Trinajstić information content (AvgIpc) is 2.87. The average molecular weight is 296 g/mol. The molecule has 0 saturated carbocycles. The Hall–Kier alpha value is -1.26. The summed E-state index contributed by atoms with van der Waals surface area (Å²) in [6.45, 7) is 6.96. The highest BCUT2D eigenvalue weighted by atomic mass is 35.5. The largest absolute Gasteiger partial charge is 0.493 e. The molecule has 0 spiro atoms. The van der Waals surface area contributed by atoms with Gasteiger partial charge in [-0.3, -0.25) is 4.68 Å². The molecule has 1 fully saturated rings. The summed E-state index contributed by atoms with van der Waals surface area (Å²) >= 11 is 0. The third-order valence-electron chi connectivity index (χ3n) is 3.87. The SMILES string of the molecule is CCOc1c(C)ccc2c1cnn2C1CCNCC1.Cl. The Bertz CT molecular complexity index is 576. The Morgan fingerprint density at radius 3 is 2.80 bits per heavy atom. The minimum Gasteiger partial charge on any atom is -0.493 e. The third-order valence-corrected chi connectivity index (χ3v) is 3.87. The lowest BCUT2D eigenvalue weighted by molar-refractivity contribution is 0.341. The van der Waals surface area contributed by atoms with Crippen LogP contribution < -0.4 is 10.1 Å². The van der Waals surface area contributed by atoms with Crippen molar-refractivity contribution in [2.45, 2.75) is 32.7 Å². The van der Waals surface area contributed by atoms with Crippen molar-refractivity contribution >= 4 is 23.3 Å². The number of nitrogens with zero attached hydrogens (tertiary/aromatic N) is 2. The summed E-state index contributed by atoms with van der Waals surface area (Å²) in [5.74, 6) is 0.986. The standard InChI is InChI=1S/C15H21N3O.ClH/c1-3-19-15-11(2)4-5-14-13(15)10-17-18(14)12-6-8-16-9-7-12;/h4-5,10,12,16H,3,6-9H2,1-2H3;1H. The second-order valence-corrected chi connectivity index (χ2v) is 5.15. The molecule has 1 N–H and O–H groups in total. The van der Waals surface area contributed by atoms with E-state index in [4.69, 9.17) is 4.74 Å². The fourth-order valence-electron chi connectivity index (χ4n) is 2.88. The molecule has 4 nitrogen and oxygen atoms in total. The Labute approximate surface area is 125 Å². The van der Waals surface area contributed by atoms with E-state index in [0.717, 1.165) is 37.1 Å². The Kier molecular flexibility index (Phi) is 4.89. The molecular weight excluding hydrogens is 274 g/mol. The molecule has 20 heavy (non-hydrogen) atoms. The van der Waals surface area contributed by atoms with Gasteiger partial charge >= 0.3 is 0 Å². The summed E-state index contributed by atoms with van der Waals surface area (Å²) < 4.78 is 7.96. The van der Waals surface area contributed by atoms with Gasteiger partial charge in [-0.15, -0.1) is 12.4 Å². The van der Waals surface area contributed by atoms with Crippen molar-refractivity contribution in [1.82, 2.24) is 15.1 Å². The maximum Gasteiger partial charge on any atom is 0.133 e. The maximum absolute atomic E-state index is 5.78. The Morgan fingerprint density at radius 1 is 1.35 bits per heavy atom. The molecule has 1 saturated heterocycles. The maximum atomic E-state index is 5.78. The van der Waals surface area contributed by atoms with E-state index in [-0.39, 0.29) is 12.4 Å². The highest BCUT2D eigenvalue weighted by molar-refractivity contribution is 5.86. The van der Waals surface area contributed by atoms with Crippen LogP contribution in [-0.4, -0.2) is 29.5 Å². The van der Waals surface area contributed by atoms with Crippen molar-refractivity contribution in [1.29, 1.82) is 0 Å². The quantitative estimate of drug-likeness (QED) is 0.946. The molecule has 0 amide bonds. The van der Waals surface area contributed by atoms with Gasteiger partial charge in [0, 0.05) is 0 Å². The van der Waals surface area contributed by atoms with E-state index in [2.05, 4.69) is 34.2 Å². The van der Waals surface area contributed by atoms with Crippen LogP contribution in [0.3, 0.4) is 0 Å². The van der Waals surface area contributed by atoms with Gasteiger partial charge in [0.1, 0.15) is 5.75 Å². The summed E-state index contributed by atoms with van der Waals surface area (Å²) in [7, 11) is 0. The molecule has 0 bridgehead atoms. The van der Waals surface area contributed by atoms with Gasteiger partial charge in [0.2, 0.25) is 0 Å². The fraction of sp³-hybridized carbons (Fsp3) is 0.533. The first-order valence-electron chi connectivity index (χ1n) is 7.11. The zero-order valence-corrected chi connectivity index (χ0v) is 12.9. The highest BCUT2D eigenvalue weighted by Gasteiger charge is 2.19. The van der Waals surface area contributed by atoms with Crippen LogP contribution in [0.4, 0.5) is 0 Å². The summed E-state index contributed by atoms with van der Waals surface area (Å²) in [5.41, 5.74) is 2.38. The van der Waals surface area contributed by atoms with Gasteiger partial charge in [-0.2, -0.15) is 5.10 Å². The number of ether oxygens (including phenoxy) is 1. The molecule has 5 heteroatoms. The molecule has 0 atom stereocenters. The van der Waals surface area contributed by atoms with Crippen molar-refractivity contribution in [2.75, 3.05) is 19.7 Å². The topological polar surface area (TPSA) is 39.1 Å². The van der Waals surface area contributed by atoms with Gasteiger partial charge in [0.05, 0.1) is 29.7 Å². The summed E-state index contributed by atoms with van der Waals surface area (Å²) in [6.07, 6.45) is 4.25. The number of aromatic nitrogens is 2. The second kappa shape index (κ2) is 6.46. The number of piperidine rings is 1. The molecule has 1 aromatic heterocycles. The van der Waals surface area contributed by atoms with E-state index in [1.54, 1.807) is 0 Å². The molecule has 2 aromatic rings. The number of aryl methyl sites for hydroxylation is 1. The molecule has 1 aliphatic heterocycles. The summed E-state index contributed by atoms with van der Waals surface area (Å²) in [4.78, 5) is 0. The molecule has 110 valence electrons. The zero-order valence-electron chi connectivity index (χ0n) is 12.1. The minimum absolute atomic E-state index is 0. The van der Waals surface area contributed by atoms with Crippen molar-refractivity contribution in [3.8, 4) is 5.75 Å². The molecular formula is C15H22ClN3O. The number of rotatable bonds is 3. The monoisotopic (exact) mass is 295 g/mol. The molecule has 2 heterocycles. The summed E-state index contributed by atoms with van der Waals surface area (Å²) in [5, 5.41) is 9.15. The minimum atomic E-state index is 0. The summed E-state index contributed by atoms with van der Waals surface area (Å²) in [6, 6.07) is 4.81. The first-order valence-corrected chi connectivity index (χ1v) is 7.11. The number of hydrogen-bond acceptors (Lipinski definition) is 3. The Balaban J connectivity index is 0.00000147. The Morgan fingerprint density at radius 2 is 2.10 bits per heavy atom. The van der Waals surface area contributed by atoms with Crippen LogP contribution in [0.2, 0.25) is 0 Å². The van der Waals surface area contributed by atoms with Crippen LogP contribution in [0.5, 0.6) is 5.75 Å². The van der Waals surface area contributed by atoms with Crippen LogP contribution in [0.1, 0.15) is 31.4 Å². The van der Waals surface area contributed by atoms with E-state index in [1.807, 2.05) is 13.1 Å². The third kappa shape index (κ3) is 2.63. The highest BCUT2D eigenvalue weighted by Crippen LogP contribution is 2.32. The molecule has 3 rings (SSSR count). The lowest BCUT2D eigenvalue weighted by Crippen LogP contribution is -2.29. The van der Waals surface area contributed by atoms with Crippen LogP contribution >= 0.6 is 12.4 Å². The van der Waals surface area contributed by atoms with Gasteiger partial charge in [0.25, 0.3) is 0 Å². The van der Waals surface area contributed by atoms with Crippen LogP contribution in [-0.2, 0) is 0 Å². The van der Waals surface area contributed by atoms with E-state index in [9.17, 15) is 0 Å². The van der Waals surface area contributed by atoms with Gasteiger partial charge in [-0.25, -0.2) is 0 Å². The van der Waals surface area contributed by atoms with Gasteiger partial charge in [-0.05, 0) is 51.4 Å². The number of fused-ring (bicyclic) bond motifs is 1. The molecule has 0 radical (unpaired) electrons. The van der Waals surface area contributed by atoms with E-state index < -0.39 is 0 Å². The molecule has 1 aromatic carbocycles. The van der Waals surface area contributed by atoms with E-state index >= 15 is 0 Å². The fourth-order valence-corrected chi connectivity index (χ4v) is 2.88.